The molecule has 0 aromatic heterocycles. The monoisotopic (exact) mass is 302 g/mol. The van der Waals surface area contributed by atoms with Gasteiger partial charge in [0.25, 0.3) is 0 Å². The second-order valence-electron chi connectivity index (χ2n) is 8.13. The van der Waals surface area contributed by atoms with E-state index < -0.39 is 6.10 Å². The lowest BCUT2D eigenvalue weighted by Gasteiger charge is -2.49. The fourth-order valence-corrected chi connectivity index (χ4v) is 4.69. The molecule has 3 atom stereocenters. The molecule has 0 amide bonds. The third-order valence-corrected chi connectivity index (χ3v) is 5.99. The predicted molar refractivity (Wildman–Crippen MR) is 85.2 cm³/mol. The molecule has 0 aliphatic heterocycles. The standard InChI is InChI=1S/C19H26O3/c1-10(2)12-8-13-15(20)9-14-11(6-5-7-19(14,3)4)16(13)18(22)17(12)21/h8,10-11,14-15,20H,5-7,9H2,1-4H3/t11-,14+,15?/m0/s1. The quantitative estimate of drug-likeness (QED) is 0.597. The molecule has 3 aliphatic rings. The Morgan fingerprint density at radius 2 is 1.91 bits per heavy atom. The van der Waals surface area contributed by atoms with Crippen molar-refractivity contribution in [3.63, 3.8) is 0 Å². The van der Waals surface area contributed by atoms with Gasteiger partial charge in [-0.15, -0.1) is 0 Å². The summed E-state index contributed by atoms with van der Waals surface area (Å²) in [7, 11) is 0. The molecule has 120 valence electrons. The highest BCUT2D eigenvalue weighted by Gasteiger charge is 2.49. The van der Waals surface area contributed by atoms with E-state index in [0.29, 0.717) is 23.5 Å². The van der Waals surface area contributed by atoms with E-state index in [-0.39, 0.29) is 28.8 Å². The van der Waals surface area contributed by atoms with Crippen LogP contribution in [0.2, 0.25) is 0 Å². The summed E-state index contributed by atoms with van der Waals surface area (Å²) in [6.07, 6.45) is 5.08. The second kappa shape index (κ2) is 5.16. The molecule has 3 aliphatic carbocycles. The topological polar surface area (TPSA) is 54.4 Å². The number of hydrogen-bond donors (Lipinski definition) is 1. The molecule has 1 saturated carbocycles. The van der Waals surface area contributed by atoms with Gasteiger partial charge in [-0.3, -0.25) is 9.59 Å². The minimum Gasteiger partial charge on any atom is -0.388 e. The summed E-state index contributed by atoms with van der Waals surface area (Å²) in [5.41, 5.74) is 2.03. The lowest BCUT2D eigenvalue weighted by Crippen LogP contribution is -2.46. The number of carbonyl (C=O) groups excluding carboxylic acids is 2. The molecule has 0 aromatic rings. The van der Waals surface area contributed by atoms with Crippen LogP contribution in [0.15, 0.2) is 22.8 Å². The molecule has 0 saturated heterocycles. The van der Waals surface area contributed by atoms with Crippen molar-refractivity contribution in [1.29, 1.82) is 0 Å². The zero-order chi connectivity index (χ0) is 16.2. The summed E-state index contributed by atoms with van der Waals surface area (Å²) in [6.45, 7) is 8.30. The van der Waals surface area contributed by atoms with Crippen LogP contribution in [-0.4, -0.2) is 22.8 Å². The first-order valence-electron chi connectivity index (χ1n) is 8.46. The molecule has 3 heteroatoms. The Bertz CT molecular complexity index is 592. The summed E-state index contributed by atoms with van der Waals surface area (Å²) in [5, 5.41) is 10.6. The van der Waals surface area contributed by atoms with Gasteiger partial charge in [0.2, 0.25) is 11.6 Å². The van der Waals surface area contributed by atoms with Gasteiger partial charge in [0.15, 0.2) is 0 Å². The molecule has 0 radical (unpaired) electrons. The number of fused-ring (bicyclic) bond motifs is 2. The molecule has 0 bridgehead atoms. The molecule has 3 rings (SSSR count). The third-order valence-electron chi connectivity index (χ3n) is 5.99. The fourth-order valence-electron chi connectivity index (χ4n) is 4.69. The molecule has 0 aromatic carbocycles. The highest BCUT2D eigenvalue weighted by molar-refractivity contribution is 6.50. The Labute approximate surface area is 132 Å². The Balaban J connectivity index is 2.12. The van der Waals surface area contributed by atoms with E-state index in [0.717, 1.165) is 24.8 Å². The van der Waals surface area contributed by atoms with E-state index in [4.69, 9.17) is 0 Å². The van der Waals surface area contributed by atoms with Gasteiger partial charge in [-0.25, -0.2) is 0 Å². The summed E-state index contributed by atoms with van der Waals surface area (Å²) >= 11 is 0. The Morgan fingerprint density at radius 3 is 2.55 bits per heavy atom. The first-order valence-corrected chi connectivity index (χ1v) is 8.46. The van der Waals surface area contributed by atoms with Crippen molar-refractivity contribution in [2.45, 2.75) is 59.5 Å². The highest BCUT2D eigenvalue weighted by Crippen LogP contribution is 2.53. The van der Waals surface area contributed by atoms with Crippen molar-refractivity contribution < 1.29 is 14.7 Å². The van der Waals surface area contributed by atoms with E-state index in [1.165, 1.54) is 0 Å². The molecule has 3 nitrogen and oxygen atoms in total. The highest BCUT2D eigenvalue weighted by atomic mass is 16.3. The number of carbonyl (C=O) groups is 2. The average Bonchev–Trinajstić information content (AvgIpc) is 2.43. The van der Waals surface area contributed by atoms with Crippen molar-refractivity contribution >= 4 is 11.6 Å². The van der Waals surface area contributed by atoms with Gasteiger partial charge in [0, 0.05) is 11.1 Å². The van der Waals surface area contributed by atoms with Gasteiger partial charge in [-0.05, 0) is 54.1 Å². The van der Waals surface area contributed by atoms with Crippen LogP contribution in [0, 0.1) is 23.2 Å². The molecule has 1 fully saturated rings. The van der Waals surface area contributed by atoms with E-state index in [1.807, 2.05) is 19.9 Å². The second-order valence-corrected chi connectivity index (χ2v) is 8.13. The van der Waals surface area contributed by atoms with Gasteiger partial charge in [0.1, 0.15) is 0 Å². The number of allylic oxidation sites excluding steroid dienone is 2. The van der Waals surface area contributed by atoms with Crippen molar-refractivity contribution in [1.82, 2.24) is 0 Å². The first-order chi connectivity index (χ1) is 10.2. The van der Waals surface area contributed by atoms with Crippen LogP contribution in [0.3, 0.4) is 0 Å². The first kappa shape index (κ1) is 15.7. The average molecular weight is 302 g/mol. The van der Waals surface area contributed by atoms with Crippen LogP contribution in [0.4, 0.5) is 0 Å². The van der Waals surface area contributed by atoms with Crippen LogP contribution in [-0.2, 0) is 9.59 Å². The molecule has 0 heterocycles. The van der Waals surface area contributed by atoms with Gasteiger partial charge >= 0.3 is 0 Å². The molecule has 1 N–H and O–H groups in total. The summed E-state index contributed by atoms with van der Waals surface area (Å²) in [5.74, 6) is -0.264. The van der Waals surface area contributed by atoms with Gasteiger partial charge in [0.05, 0.1) is 6.10 Å². The van der Waals surface area contributed by atoms with Crippen LogP contribution >= 0.6 is 0 Å². The van der Waals surface area contributed by atoms with Crippen molar-refractivity contribution in [3.8, 4) is 0 Å². The predicted octanol–water partition coefficient (Wildman–Crippen LogP) is 3.22. The number of ketones is 2. The molecule has 1 unspecified atom stereocenters. The fraction of sp³-hybridized carbons (Fsp3) is 0.684. The van der Waals surface area contributed by atoms with Crippen molar-refractivity contribution in [3.05, 3.63) is 22.8 Å². The van der Waals surface area contributed by atoms with E-state index >= 15 is 0 Å². The maximum atomic E-state index is 12.7. The summed E-state index contributed by atoms with van der Waals surface area (Å²) < 4.78 is 0. The van der Waals surface area contributed by atoms with Crippen molar-refractivity contribution in [2.75, 3.05) is 0 Å². The number of aliphatic hydroxyl groups is 1. The SMILES string of the molecule is CC(C)C1=CC2=C(C(=O)C1=O)[C@H]1CCCC(C)(C)[C@@H]1CC2O. The lowest BCUT2D eigenvalue weighted by molar-refractivity contribution is -0.133. The third kappa shape index (κ3) is 2.21. The number of rotatable bonds is 1. The lowest BCUT2D eigenvalue weighted by atomic mass is 9.55. The number of aliphatic hydroxyl groups excluding tert-OH is 1. The molecule has 0 spiro atoms. The molecular formula is C19H26O3. The van der Waals surface area contributed by atoms with Crippen LogP contribution in [0.1, 0.15) is 53.4 Å². The smallest absolute Gasteiger partial charge is 0.229 e. The van der Waals surface area contributed by atoms with Crippen molar-refractivity contribution in [2.24, 2.45) is 23.2 Å². The maximum absolute atomic E-state index is 12.7. The minimum absolute atomic E-state index is 0.0122. The Kier molecular flexibility index (Phi) is 3.67. The summed E-state index contributed by atoms with van der Waals surface area (Å²) in [4.78, 5) is 25.2. The van der Waals surface area contributed by atoms with Gasteiger partial charge in [-0.2, -0.15) is 0 Å². The number of Topliss-reactive ketones (excluding diaryl/α,β-unsaturated/α-hetero) is 2. The maximum Gasteiger partial charge on any atom is 0.229 e. The zero-order valence-electron chi connectivity index (χ0n) is 14.0. The van der Waals surface area contributed by atoms with E-state index in [2.05, 4.69) is 13.8 Å². The van der Waals surface area contributed by atoms with E-state index in [9.17, 15) is 14.7 Å². The minimum atomic E-state index is -0.612. The number of hydrogen-bond acceptors (Lipinski definition) is 3. The zero-order valence-corrected chi connectivity index (χ0v) is 14.0. The van der Waals surface area contributed by atoms with E-state index in [1.54, 1.807) is 0 Å². The van der Waals surface area contributed by atoms with Gasteiger partial charge < -0.3 is 5.11 Å². The van der Waals surface area contributed by atoms with Crippen LogP contribution in [0.25, 0.3) is 0 Å². The normalized spacial score (nSPS) is 34.5. The van der Waals surface area contributed by atoms with Crippen LogP contribution < -0.4 is 0 Å². The Hall–Kier alpha value is -1.22. The molecular weight excluding hydrogens is 276 g/mol. The Morgan fingerprint density at radius 1 is 1.23 bits per heavy atom. The molecule has 22 heavy (non-hydrogen) atoms. The van der Waals surface area contributed by atoms with Gasteiger partial charge in [-0.1, -0.05) is 34.1 Å². The van der Waals surface area contributed by atoms with Crippen LogP contribution in [0.5, 0.6) is 0 Å². The summed E-state index contributed by atoms with van der Waals surface area (Å²) in [6, 6.07) is 0. The largest absolute Gasteiger partial charge is 0.388 e.